The Bertz CT molecular complexity index is 776. The molecular formula is C24H29O3P. The van der Waals surface area contributed by atoms with Gasteiger partial charge in [-0.25, -0.2) is 0 Å². The van der Waals surface area contributed by atoms with Crippen LogP contribution in [0.4, 0.5) is 0 Å². The maximum absolute atomic E-state index is 13.7. The first-order chi connectivity index (χ1) is 13.7. The summed E-state index contributed by atoms with van der Waals surface area (Å²) in [5.41, 5.74) is 3.11. The minimum atomic E-state index is -2.91. The zero-order chi connectivity index (χ0) is 20.1. The van der Waals surface area contributed by atoms with Crippen molar-refractivity contribution in [2.45, 2.75) is 51.4 Å². The molecule has 0 saturated carbocycles. The number of unbranched alkanes of at least 4 members (excludes halogenated alkanes) is 6. The minimum Gasteiger partial charge on any atom is -0.469 e. The molecule has 2 aromatic rings. The maximum atomic E-state index is 13.7. The second-order valence-electron chi connectivity index (χ2n) is 6.77. The normalized spacial score (nSPS) is 10.8. The molecule has 0 radical (unpaired) electrons. The fourth-order valence-electron chi connectivity index (χ4n) is 3.01. The monoisotopic (exact) mass is 396 g/mol. The number of methoxy groups -OCH3 is 1. The largest absolute Gasteiger partial charge is 0.469 e. The summed E-state index contributed by atoms with van der Waals surface area (Å²) < 4.78 is 18.3. The summed E-state index contributed by atoms with van der Waals surface area (Å²) in [7, 11) is -1.48. The summed E-state index contributed by atoms with van der Waals surface area (Å²) in [5.74, 6) is 3.05. The van der Waals surface area contributed by atoms with E-state index in [4.69, 9.17) is 0 Å². The van der Waals surface area contributed by atoms with E-state index < -0.39 is 7.14 Å². The number of benzene rings is 2. The molecule has 4 heteroatoms. The number of hydrogen-bond donors (Lipinski definition) is 0. The van der Waals surface area contributed by atoms with E-state index in [1.807, 2.05) is 60.7 Å². The second kappa shape index (κ2) is 12.2. The molecule has 2 rings (SSSR count). The van der Waals surface area contributed by atoms with Crippen LogP contribution in [-0.4, -0.2) is 13.1 Å². The maximum Gasteiger partial charge on any atom is 0.305 e. The number of esters is 1. The molecule has 0 bridgehead atoms. The van der Waals surface area contributed by atoms with Crippen LogP contribution in [0.25, 0.3) is 0 Å². The van der Waals surface area contributed by atoms with Crippen LogP contribution >= 0.6 is 7.14 Å². The predicted octanol–water partition coefficient (Wildman–Crippen LogP) is 5.26. The lowest BCUT2D eigenvalue weighted by Gasteiger charge is -2.12. The highest BCUT2D eigenvalue weighted by Gasteiger charge is 2.24. The molecule has 3 nitrogen and oxygen atoms in total. The lowest BCUT2D eigenvalue weighted by Crippen LogP contribution is -2.14. The number of ether oxygens (including phenoxy) is 1. The third-order valence-corrected chi connectivity index (χ3v) is 7.16. The first-order valence-electron chi connectivity index (χ1n) is 9.95. The van der Waals surface area contributed by atoms with Crippen molar-refractivity contribution in [1.82, 2.24) is 0 Å². The Morgan fingerprint density at radius 2 is 1.32 bits per heavy atom. The van der Waals surface area contributed by atoms with E-state index in [0.717, 1.165) is 55.6 Å². The van der Waals surface area contributed by atoms with Crippen LogP contribution in [0.15, 0.2) is 60.7 Å². The van der Waals surface area contributed by atoms with Gasteiger partial charge in [0.1, 0.15) is 0 Å². The molecule has 0 heterocycles. The molecule has 0 saturated heterocycles. The quantitative estimate of drug-likeness (QED) is 0.238. The zero-order valence-electron chi connectivity index (χ0n) is 16.6. The Balaban J connectivity index is 1.83. The SMILES string of the molecule is COC(=O)CCCCCCCCC#CP(=O)(c1ccccc1)c1ccccc1. The molecule has 148 valence electrons. The molecule has 2 aromatic carbocycles. The van der Waals surface area contributed by atoms with E-state index in [1.54, 1.807) is 0 Å². The Morgan fingerprint density at radius 1 is 0.821 bits per heavy atom. The van der Waals surface area contributed by atoms with E-state index in [1.165, 1.54) is 7.11 Å². The first-order valence-corrected chi connectivity index (χ1v) is 11.7. The molecule has 0 aromatic heterocycles. The molecule has 0 aliphatic rings. The van der Waals surface area contributed by atoms with Crippen LogP contribution in [0.1, 0.15) is 51.4 Å². The van der Waals surface area contributed by atoms with Gasteiger partial charge in [0.25, 0.3) is 0 Å². The van der Waals surface area contributed by atoms with Crippen molar-refractivity contribution in [3.63, 3.8) is 0 Å². The molecule has 0 N–H and O–H groups in total. The van der Waals surface area contributed by atoms with Crippen LogP contribution in [0.2, 0.25) is 0 Å². The lowest BCUT2D eigenvalue weighted by atomic mass is 10.1. The van der Waals surface area contributed by atoms with Gasteiger partial charge >= 0.3 is 5.97 Å². The Kier molecular flexibility index (Phi) is 9.60. The molecule has 0 atom stereocenters. The summed E-state index contributed by atoms with van der Waals surface area (Å²) in [6.07, 6.45) is 7.58. The first kappa shape index (κ1) is 22.0. The smallest absolute Gasteiger partial charge is 0.305 e. The Labute approximate surface area is 168 Å². The fraction of sp³-hybridized carbons (Fsp3) is 0.375. The minimum absolute atomic E-state index is 0.128. The van der Waals surface area contributed by atoms with Gasteiger partial charge < -0.3 is 4.74 Å². The third-order valence-electron chi connectivity index (χ3n) is 4.64. The molecule has 0 aliphatic heterocycles. The van der Waals surface area contributed by atoms with E-state index in [2.05, 4.69) is 16.3 Å². The van der Waals surface area contributed by atoms with Crippen LogP contribution in [0.5, 0.6) is 0 Å². The standard InChI is InChI=1S/C24H29O3P/c1-27-24(25)20-14-6-4-2-3-5-7-15-21-28(26,22-16-10-8-11-17-22)23-18-12-9-13-19-23/h8-13,16-19H,2-7,14,20H2,1H3. The summed E-state index contributed by atoms with van der Waals surface area (Å²) >= 11 is 0. The van der Waals surface area contributed by atoms with Crippen LogP contribution in [0, 0.1) is 11.6 Å². The third kappa shape index (κ3) is 7.02. The van der Waals surface area contributed by atoms with E-state index in [-0.39, 0.29) is 5.97 Å². The van der Waals surface area contributed by atoms with Gasteiger partial charge in [-0.15, -0.1) is 0 Å². The average Bonchev–Trinajstić information content (AvgIpc) is 2.75. The summed E-state index contributed by atoms with van der Waals surface area (Å²) in [6, 6.07) is 19.1. The highest BCUT2D eigenvalue weighted by molar-refractivity contribution is 7.83. The summed E-state index contributed by atoms with van der Waals surface area (Å²) in [6.45, 7) is 0. The lowest BCUT2D eigenvalue weighted by molar-refractivity contribution is -0.140. The Hall–Kier alpha value is -2.30. The van der Waals surface area contributed by atoms with E-state index >= 15 is 0 Å². The van der Waals surface area contributed by atoms with Crippen molar-refractivity contribution < 1.29 is 14.1 Å². The van der Waals surface area contributed by atoms with Crippen molar-refractivity contribution in [3.05, 3.63) is 60.7 Å². The van der Waals surface area contributed by atoms with Crippen LogP contribution in [0.3, 0.4) is 0 Å². The predicted molar refractivity (Wildman–Crippen MR) is 116 cm³/mol. The molecule has 0 fully saturated rings. The van der Waals surface area contributed by atoms with Crippen molar-refractivity contribution >= 4 is 23.7 Å². The van der Waals surface area contributed by atoms with Gasteiger partial charge in [0.2, 0.25) is 7.14 Å². The Morgan fingerprint density at radius 3 is 1.86 bits per heavy atom. The summed E-state index contributed by atoms with van der Waals surface area (Å²) in [5, 5.41) is 1.58. The number of rotatable bonds is 10. The van der Waals surface area contributed by atoms with Gasteiger partial charge in [0.05, 0.1) is 7.11 Å². The second-order valence-corrected chi connectivity index (χ2v) is 9.24. The van der Waals surface area contributed by atoms with Crippen molar-refractivity contribution in [2.24, 2.45) is 0 Å². The van der Waals surface area contributed by atoms with Crippen molar-refractivity contribution in [3.8, 4) is 11.6 Å². The van der Waals surface area contributed by atoms with Crippen molar-refractivity contribution in [2.75, 3.05) is 7.11 Å². The van der Waals surface area contributed by atoms with Gasteiger partial charge in [-0.1, -0.05) is 92.3 Å². The molecule has 0 spiro atoms. The molecule has 0 amide bonds. The fourth-order valence-corrected chi connectivity index (χ4v) is 5.09. The van der Waals surface area contributed by atoms with Gasteiger partial charge in [0.15, 0.2) is 0 Å². The van der Waals surface area contributed by atoms with E-state index in [9.17, 15) is 9.36 Å². The number of hydrogen-bond acceptors (Lipinski definition) is 3. The molecule has 0 aliphatic carbocycles. The zero-order valence-corrected chi connectivity index (χ0v) is 17.5. The van der Waals surface area contributed by atoms with Crippen LogP contribution in [-0.2, 0) is 14.1 Å². The molecular weight excluding hydrogens is 367 g/mol. The van der Waals surface area contributed by atoms with Gasteiger partial charge in [-0.2, -0.15) is 0 Å². The van der Waals surface area contributed by atoms with Gasteiger partial charge in [-0.3, -0.25) is 9.36 Å². The van der Waals surface area contributed by atoms with E-state index in [0.29, 0.717) is 6.42 Å². The molecule has 0 unspecified atom stereocenters. The average molecular weight is 396 g/mol. The van der Waals surface area contributed by atoms with Gasteiger partial charge in [-0.05, 0) is 18.5 Å². The molecule has 28 heavy (non-hydrogen) atoms. The van der Waals surface area contributed by atoms with Crippen LogP contribution < -0.4 is 10.6 Å². The number of carbonyl (C=O) groups is 1. The number of carbonyl (C=O) groups excluding carboxylic acids is 1. The van der Waals surface area contributed by atoms with Gasteiger partial charge in [0, 0.05) is 23.5 Å². The van der Waals surface area contributed by atoms with Crippen molar-refractivity contribution in [1.29, 1.82) is 0 Å². The highest BCUT2D eigenvalue weighted by Crippen LogP contribution is 2.41. The topological polar surface area (TPSA) is 43.4 Å². The highest BCUT2D eigenvalue weighted by atomic mass is 31.2. The summed E-state index contributed by atoms with van der Waals surface area (Å²) in [4.78, 5) is 11.0.